The molecule has 0 radical (unpaired) electrons. The first kappa shape index (κ1) is 31.8. The number of para-hydroxylation sites is 1. The number of nitrogens with zero attached hydrogens (tertiary/aromatic N) is 1. The van der Waals surface area contributed by atoms with Gasteiger partial charge in [0, 0.05) is 12.0 Å². The Kier molecular flexibility index (Phi) is 9.63. The summed E-state index contributed by atoms with van der Waals surface area (Å²) < 4.78 is 6.25. The molecule has 1 aliphatic rings. The van der Waals surface area contributed by atoms with Crippen molar-refractivity contribution in [3.8, 4) is 11.5 Å². The maximum absolute atomic E-state index is 12.9. The van der Waals surface area contributed by atoms with Gasteiger partial charge < -0.3 is 15.2 Å². The molecule has 0 saturated carbocycles. The van der Waals surface area contributed by atoms with E-state index >= 15 is 0 Å². The van der Waals surface area contributed by atoms with Crippen LogP contribution in [0.2, 0.25) is 0 Å². The van der Waals surface area contributed by atoms with Gasteiger partial charge in [0.15, 0.2) is 5.75 Å². The summed E-state index contributed by atoms with van der Waals surface area (Å²) in [5.74, 6) is -0.663. The summed E-state index contributed by atoms with van der Waals surface area (Å²) in [6, 6.07) is 17.8. The largest absolute Gasteiger partial charge is 0.504 e. The Bertz CT molecular complexity index is 1470. The molecule has 3 aromatic rings. The maximum Gasteiger partial charge on any atom is 0.266 e. The van der Waals surface area contributed by atoms with E-state index in [0.29, 0.717) is 13.0 Å². The molecule has 0 fully saturated rings. The molecule has 3 amide bonds. The highest BCUT2D eigenvalue weighted by atomic mass is 16.5. The number of fused-ring (bicyclic) bond motifs is 1. The molecule has 3 aromatic carbocycles. The summed E-state index contributed by atoms with van der Waals surface area (Å²) in [7, 11) is 0. The van der Waals surface area contributed by atoms with Crippen LogP contribution in [0.1, 0.15) is 112 Å². The molecule has 43 heavy (non-hydrogen) atoms. The van der Waals surface area contributed by atoms with Gasteiger partial charge in [-0.2, -0.15) is 0 Å². The third-order valence-electron chi connectivity index (χ3n) is 8.89. The standard InChI is InChI=1S/C36H44N2O5/c1-7-35(3,4)24-20-21-30(27(23-24)36(5,6)8-2)43-22-13-9-10-19-31(39)37-28-17-14-18-29(32(28)40)38-33(41)25-15-11-12-16-26(25)34(38)42/h11-12,14-18,20-21,23,40H,7-10,13,19,22H2,1-6H3,(H,37,39). The van der Waals surface area contributed by atoms with Gasteiger partial charge in [-0.25, -0.2) is 4.90 Å². The molecule has 2 N–H and O–H groups in total. The first-order chi connectivity index (χ1) is 20.4. The minimum absolute atomic E-state index is 0.00451. The van der Waals surface area contributed by atoms with Gasteiger partial charge in [-0.05, 0) is 78.8 Å². The molecule has 0 saturated heterocycles. The Labute approximate surface area is 255 Å². The Morgan fingerprint density at radius 3 is 2.12 bits per heavy atom. The van der Waals surface area contributed by atoms with Gasteiger partial charge in [0.05, 0.1) is 29.1 Å². The van der Waals surface area contributed by atoms with Gasteiger partial charge >= 0.3 is 0 Å². The van der Waals surface area contributed by atoms with Crippen LogP contribution in [-0.2, 0) is 15.6 Å². The normalized spacial score (nSPS) is 13.3. The second-order valence-electron chi connectivity index (χ2n) is 12.6. The van der Waals surface area contributed by atoms with Crippen LogP contribution in [-0.4, -0.2) is 29.4 Å². The number of ether oxygens (including phenoxy) is 1. The van der Waals surface area contributed by atoms with Crippen LogP contribution in [0.15, 0.2) is 60.7 Å². The molecule has 0 atom stereocenters. The van der Waals surface area contributed by atoms with Crippen LogP contribution < -0.4 is 15.0 Å². The van der Waals surface area contributed by atoms with Crippen molar-refractivity contribution < 1.29 is 24.2 Å². The molecule has 7 heteroatoms. The smallest absolute Gasteiger partial charge is 0.266 e. The zero-order valence-corrected chi connectivity index (χ0v) is 26.3. The van der Waals surface area contributed by atoms with Crippen molar-refractivity contribution in [2.24, 2.45) is 0 Å². The minimum Gasteiger partial charge on any atom is -0.504 e. The summed E-state index contributed by atoms with van der Waals surface area (Å²) in [4.78, 5) is 39.3. The van der Waals surface area contributed by atoms with Crippen LogP contribution in [0.4, 0.5) is 11.4 Å². The van der Waals surface area contributed by atoms with Gasteiger partial charge in [-0.3, -0.25) is 14.4 Å². The highest BCUT2D eigenvalue weighted by molar-refractivity contribution is 6.35. The van der Waals surface area contributed by atoms with Crippen molar-refractivity contribution in [1.82, 2.24) is 0 Å². The average Bonchev–Trinajstić information content (AvgIpc) is 3.25. The second-order valence-corrected chi connectivity index (χ2v) is 12.6. The van der Waals surface area contributed by atoms with Gasteiger partial charge in [-0.1, -0.05) is 71.9 Å². The van der Waals surface area contributed by atoms with Gasteiger partial charge in [0.25, 0.3) is 11.8 Å². The molecule has 7 nitrogen and oxygen atoms in total. The molecule has 0 spiro atoms. The number of imide groups is 1. The number of nitrogens with one attached hydrogen (secondary N) is 1. The Morgan fingerprint density at radius 1 is 0.837 bits per heavy atom. The fraction of sp³-hybridized carbons (Fsp3) is 0.417. The summed E-state index contributed by atoms with van der Waals surface area (Å²) in [6.07, 6.45) is 4.61. The lowest BCUT2D eigenvalue weighted by Gasteiger charge is -2.30. The lowest BCUT2D eigenvalue weighted by Crippen LogP contribution is -2.29. The number of anilines is 2. The topological polar surface area (TPSA) is 95.9 Å². The van der Waals surface area contributed by atoms with Gasteiger partial charge in [0.1, 0.15) is 5.75 Å². The summed E-state index contributed by atoms with van der Waals surface area (Å²) >= 11 is 0. The van der Waals surface area contributed by atoms with Crippen molar-refractivity contribution in [2.75, 3.05) is 16.8 Å². The van der Waals surface area contributed by atoms with E-state index in [-0.39, 0.29) is 51.4 Å². The molecular formula is C36H44N2O5. The number of aromatic hydroxyl groups is 1. The quantitative estimate of drug-likeness (QED) is 0.120. The van der Waals surface area contributed by atoms with Crippen LogP contribution >= 0.6 is 0 Å². The van der Waals surface area contributed by atoms with Crippen LogP contribution in [0.5, 0.6) is 11.5 Å². The fourth-order valence-corrected chi connectivity index (χ4v) is 5.18. The van der Waals surface area contributed by atoms with E-state index in [4.69, 9.17) is 4.74 Å². The third-order valence-corrected chi connectivity index (χ3v) is 8.89. The first-order valence-corrected chi connectivity index (χ1v) is 15.3. The molecule has 0 aliphatic carbocycles. The zero-order valence-electron chi connectivity index (χ0n) is 26.3. The summed E-state index contributed by atoms with van der Waals surface area (Å²) in [5, 5.41) is 13.6. The van der Waals surface area contributed by atoms with Crippen LogP contribution in [0.25, 0.3) is 0 Å². The predicted octanol–water partition coefficient (Wildman–Crippen LogP) is 8.15. The van der Waals surface area contributed by atoms with Gasteiger partial charge in [0.2, 0.25) is 5.91 Å². The van der Waals surface area contributed by atoms with Gasteiger partial charge in [-0.15, -0.1) is 0 Å². The number of carbonyl (C=O) groups excluding carboxylic acids is 3. The molecule has 1 aliphatic heterocycles. The van der Waals surface area contributed by atoms with Crippen molar-refractivity contribution in [3.05, 3.63) is 82.9 Å². The number of amides is 3. The number of hydrogen-bond donors (Lipinski definition) is 2. The average molecular weight is 585 g/mol. The SMILES string of the molecule is CCC(C)(C)c1ccc(OCCCCCC(=O)Nc2cccc(N3C(=O)c4ccccc4C3=O)c2O)c(C(C)(C)CC)c1. The Balaban J connectivity index is 1.30. The lowest BCUT2D eigenvalue weighted by atomic mass is 9.76. The van der Waals surface area contributed by atoms with Crippen molar-refractivity contribution in [1.29, 1.82) is 0 Å². The lowest BCUT2D eigenvalue weighted by molar-refractivity contribution is -0.116. The minimum atomic E-state index is -0.507. The number of phenolic OH excluding ortho intramolecular Hbond substituents is 1. The monoisotopic (exact) mass is 584 g/mol. The van der Waals surface area contributed by atoms with Crippen molar-refractivity contribution in [3.63, 3.8) is 0 Å². The number of benzene rings is 3. The van der Waals surface area contributed by atoms with E-state index in [2.05, 4.69) is 65.1 Å². The summed E-state index contributed by atoms with van der Waals surface area (Å²) in [5.41, 5.74) is 3.42. The van der Waals surface area contributed by atoms with E-state index in [9.17, 15) is 19.5 Å². The first-order valence-electron chi connectivity index (χ1n) is 15.3. The highest BCUT2D eigenvalue weighted by Crippen LogP contribution is 2.40. The number of rotatable bonds is 13. The molecule has 0 unspecified atom stereocenters. The van der Waals surface area contributed by atoms with Crippen molar-refractivity contribution in [2.45, 2.75) is 90.9 Å². The Morgan fingerprint density at radius 2 is 1.49 bits per heavy atom. The molecule has 228 valence electrons. The van der Waals surface area contributed by atoms with E-state index in [1.165, 1.54) is 17.2 Å². The number of phenols is 1. The third kappa shape index (κ3) is 6.76. The fourth-order valence-electron chi connectivity index (χ4n) is 5.18. The van der Waals surface area contributed by atoms with Crippen LogP contribution in [0, 0.1) is 0 Å². The Hall–Kier alpha value is -4.13. The van der Waals surface area contributed by atoms with E-state index < -0.39 is 11.8 Å². The molecular weight excluding hydrogens is 540 g/mol. The predicted molar refractivity (Wildman–Crippen MR) is 171 cm³/mol. The van der Waals surface area contributed by atoms with E-state index in [1.54, 1.807) is 36.4 Å². The number of carbonyl (C=O) groups is 3. The maximum atomic E-state index is 12.9. The highest BCUT2D eigenvalue weighted by Gasteiger charge is 2.38. The summed E-state index contributed by atoms with van der Waals surface area (Å²) in [6.45, 7) is 14.0. The van der Waals surface area contributed by atoms with E-state index in [1.807, 2.05) is 0 Å². The number of unbranched alkanes of at least 4 members (excludes halogenated alkanes) is 2. The van der Waals surface area contributed by atoms with E-state index in [0.717, 1.165) is 36.3 Å². The molecule has 0 aromatic heterocycles. The van der Waals surface area contributed by atoms with Crippen molar-refractivity contribution >= 4 is 29.1 Å². The number of hydrogen-bond acceptors (Lipinski definition) is 5. The molecule has 4 rings (SSSR count). The van der Waals surface area contributed by atoms with Crippen LogP contribution in [0.3, 0.4) is 0 Å². The zero-order chi connectivity index (χ0) is 31.4. The molecule has 1 heterocycles. The second kappa shape index (κ2) is 13.0. The molecule has 0 bridgehead atoms.